The second kappa shape index (κ2) is 8.05. The lowest BCUT2D eigenvalue weighted by Crippen LogP contribution is -2.57. The van der Waals surface area contributed by atoms with E-state index in [0.717, 1.165) is 22.6 Å². The van der Waals surface area contributed by atoms with Crippen molar-refractivity contribution in [2.45, 2.75) is 52.4 Å². The number of nitrogens with zero attached hydrogens (tertiary/aromatic N) is 6. The largest absolute Gasteiger partial charge is 0.279 e. The Morgan fingerprint density at radius 3 is 1.37 bits per heavy atom. The van der Waals surface area contributed by atoms with E-state index in [2.05, 4.69) is 150 Å². The van der Waals surface area contributed by atoms with Gasteiger partial charge in [0.25, 0.3) is 6.71 Å². The smallest absolute Gasteiger partial charge is 0.252 e. The third-order valence-corrected chi connectivity index (χ3v) is 12.3. The summed E-state index contributed by atoms with van der Waals surface area (Å²) < 4.78 is 9.83. The molecule has 8 heterocycles. The number of aromatic nitrogens is 6. The van der Waals surface area contributed by atoms with E-state index in [4.69, 9.17) is 9.97 Å². The van der Waals surface area contributed by atoms with Crippen LogP contribution in [0.15, 0.2) is 91.0 Å². The lowest BCUT2D eigenvalue weighted by Gasteiger charge is -2.32. The maximum Gasteiger partial charge on any atom is 0.252 e. The molecule has 0 atom stereocenters. The van der Waals surface area contributed by atoms with E-state index < -0.39 is 0 Å². The Hall–Kier alpha value is -5.82. The molecule has 11 aromatic rings. The number of rotatable bonds is 0. The minimum absolute atomic E-state index is 0.0317. The van der Waals surface area contributed by atoms with Gasteiger partial charge in [0.15, 0.2) is 0 Å². The summed E-state index contributed by atoms with van der Waals surface area (Å²) in [5, 5.41) is 4.97. The monoisotopic (exact) mass is 656 g/mol. The van der Waals surface area contributed by atoms with E-state index in [1.54, 1.807) is 0 Å². The topological polar surface area (TPSA) is 43.4 Å². The van der Waals surface area contributed by atoms with Crippen LogP contribution < -0.4 is 16.4 Å². The van der Waals surface area contributed by atoms with E-state index >= 15 is 0 Å². The zero-order valence-electron chi connectivity index (χ0n) is 29.4. The van der Waals surface area contributed by atoms with Crippen molar-refractivity contribution < 1.29 is 0 Å². The van der Waals surface area contributed by atoms with Crippen molar-refractivity contribution in [3.63, 3.8) is 0 Å². The Balaban J connectivity index is 1.41. The normalized spacial score (nSPS) is 14.4. The Kier molecular flexibility index (Phi) is 4.26. The van der Waals surface area contributed by atoms with Gasteiger partial charge in [-0.3, -0.25) is 17.6 Å². The second-order valence-electron chi connectivity index (χ2n) is 17.2. The van der Waals surface area contributed by atoms with Crippen LogP contribution in [0.5, 0.6) is 0 Å². The number of hydrogen-bond acceptors (Lipinski definition) is 2. The van der Waals surface area contributed by atoms with E-state index in [9.17, 15) is 0 Å². The molecule has 5 aromatic carbocycles. The molecule has 0 saturated heterocycles. The second-order valence-corrected chi connectivity index (χ2v) is 17.2. The molecule has 7 heteroatoms. The van der Waals surface area contributed by atoms with Gasteiger partial charge in [-0.15, -0.1) is 0 Å². The first kappa shape index (κ1) is 27.0. The standard InChI is InChI=1S/C44H33BN6/c1-43(2,3)24-17-28-39-30(19-24)46-41-48-32-13-9-7-11-22(32)15-34(48)26-21-27-35-16-23-12-8-10-14-33(23)49(35)42-47-31-20-25(44(4,5)6)18-29-40(31)51(42)38(27)36(45(28)29)37(26)50(39)41/h7-21H,1-6H3. The van der Waals surface area contributed by atoms with Crippen molar-refractivity contribution in [2.75, 3.05) is 0 Å². The highest BCUT2D eigenvalue weighted by molar-refractivity contribution is 7.01. The molecule has 0 spiro atoms. The number of fused-ring (bicyclic) bond motifs is 12. The molecule has 0 radical (unpaired) electrons. The molecule has 0 aliphatic carbocycles. The van der Waals surface area contributed by atoms with Gasteiger partial charge >= 0.3 is 0 Å². The number of hydrogen-bond donors (Lipinski definition) is 0. The molecule has 0 N–H and O–H groups in total. The van der Waals surface area contributed by atoms with Crippen LogP contribution in [0.1, 0.15) is 52.7 Å². The molecular formula is C44H33BN6. The van der Waals surface area contributed by atoms with Crippen LogP contribution in [0.25, 0.3) is 88.3 Å². The quantitative estimate of drug-likeness (QED) is 0.122. The van der Waals surface area contributed by atoms with Crippen LogP contribution in [-0.2, 0) is 10.8 Å². The predicted octanol–water partition coefficient (Wildman–Crippen LogP) is 8.14. The van der Waals surface area contributed by atoms with Gasteiger partial charge in [-0.2, -0.15) is 0 Å². The van der Waals surface area contributed by atoms with Crippen molar-refractivity contribution in [3.8, 4) is 0 Å². The van der Waals surface area contributed by atoms with Gasteiger partial charge in [-0.1, -0.05) is 90.1 Å². The number of para-hydroxylation sites is 2. The molecule has 6 nitrogen and oxygen atoms in total. The number of imidazole rings is 2. The molecule has 51 heavy (non-hydrogen) atoms. The van der Waals surface area contributed by atoms with E-state index in [1.165, 1.54) is 93.2 Å². The van der Waals surface area contributed by atoms with Gasteiger partial charge in [0.2, 0.25) is 11.6 Å². The zero-order valence-corrected chi connectivity index (χ0v) is 29.4. The first-order valence-electron chi connectivity index (χ1n) is 18.1. The van der Waals surface area contributed by atoms with Crippen LogP contribution in [0.3, 0.4) is 0 Å². The highest BCUT2D eigenvalue weighted by Crippen LogP contribution is 2.41. The molecular weight excluding hydrogens is 623 g/mol. The average Bonchev–Trinajstić information content (AvgIpc) is 3.87. The summed E-state index contributed by atoms with van der Waals surface area (Å²) >= 11 is 0. The van der Waals surface area contributed by atoms with Crippen LogP contribution in [0.4, 0.5) is 0 Å². The lowest BCUT2D eigenvalue weighted by molar-refractivity contribution is 0.591. The van der Waals surface area contributed by atoms with Crippen molar-refractivity contribution in [3.05, 3.63) is 102 Å². The summed E-state index contributed by atoms with van der Waals surface area (Å²) in [5.41, 5.74) is 18.5. The Bertz CT molecular complexity index is 3270. The molecule has 0 fully saturated rings. The van der Waals surface area contributed by atoms with Crippen LogP contribution in [0, 0.1) is 0 Å². The first-order valence-corrected chi connectivity index (χ1v) is 18.1. The summed E-state index contributed by atoms with van der Waals surface area (Å²) in [6, 6.07) is 34.5. The summed E-state index contributed by atoms with van der Waals surface area (Å²) in [6.07, 6.45) is 0. The van der Waals surface area contributed by atoms with Crippen LogP contribution >= 0.6 is 0 Å². The molecule has 0 bridgehead atoms. The minimum Gasteiger partial charge on any atom is -0.279 e. The summed E-state index contributed by atoms with van der Waals surface area (Å²) in [4.78, 5) is 11.1. The van der Waals surface area contributed by atoms with Crippen molar-refractivity contribution in [1.82, 2.24) is 27.6 Å². The zero-order chi connectivity index (χ0) is 34.0. The fourth-order valence-electron chi connectivity index (χ4n) is 9.93. The average molecular weight is 657 g/mol. The van der Waals surface area contributed by atoms with Gasteiger partial charge in [-0.05, 0) is 80.8 Å². The fraction of sp³-hybridized carbons (Fsp3) is 0.182. The highest BCUT2D eigenvalue weighted by atomic mass is 15.2. The highest BCUT2D eigenvalue weighted by Gasteiger charge is 2.42. The summed E-state index contributed by atoms with van der Waals surface area (Å²) in [7, 11) is 0. The predicted molar refractivity (Wildman–Crippen MR) is 213 cm³/mol. The molecule has 242 valence electrons. The van der Waals surface area contributed by atoms with Gasteiger partial charge in [0.1, 0.15) is 0 Å². The lowest BCUT2D eigenvalue weighted by atomic mass is 9.34. The third-order valence-electron chi connectivity index (χ3n) is 12.3. The molecule has 2 aliphatic rings. The minimum atomic E-state index is -0.0468. The maximum absolute atomic E-state index is 5.57. The molecule has 0 unspecified atom stereocenters. The molecule has 0 saturated carbocycles. The van der Waals surface area contributed by atoms with Gasteiger partial charge in [0, 0.05) is 21.5 Å². The van der Waals surface area contributed by atoms with Gasteiger partial charge in [0.05, 0.1) is 55.2 Å². The summed E-state index contributed by atoms with van der Waals surface area (Å²) in [6.45, 7) is 14.0. The molecule has 0 amide bonds. The maximum atomic E-state index is 5.57. The Labute approximate surface area is 292 Å². The van der Waals surface area contributed by atoms with Crippen LogP contribution in [0.2, 0.25) is 0 Å². The molecule has 13 rings (SSSR count). The number of benzene rings is 5. The molecule has 2 aliphatic heterocycles. The Morgan fingerprint density at radius 1 is 0.471 bits per heavy atom. The van der Waals surface area contributed by atoms with E-state index in [-0.39, 0.29) is 17.5 Å². The van der Waals surface area contributed by atoms with Crippen LogP contribution in [-0.4, -0.2) is 34.3 Å². The van der Waals surface area contributed by atoms with Gasteiger partial charge in [-0.25, -0.2) is 9.97 Å². The van der Waals surface area contributed by atoms with Crippen molar-refractivity contribution >= 4 is 111 Å². The SMILES string of the molecule is CC(C)(C)c1cc2c3c(c1)nc1n4c5ccccc5cc4c4cc5c6cc7ccccc7n6c6nc7cc(C(C)(C)C)cc8c7n6c5c(c4n31)B28. The first-order chi connectivity index (χ1) is 24.6. The van der Waals surface area contributed by atoms with E-state index in [1.807, 2.05) is 0 Å². The third kappa shape index (κ3) is 2.92. The van der Waals surface area contributed by atoms with E-state index in [0.29, 0.717) is 0 Å². The van der Waals surface area contributed by atoms with Crippen molar-refractivity contribution in [1.29, 1.82) is 0 Å². The summed E-state index contributed by atoms with van der Waals surface area (Å²) in [5.74, 6) is 1.96. The van der Waals surface area contributed by atoms with Gasteiger partial charge < -0.3 is 0 Å². The van der Waals surface area contributed by atoms with Crippen molar-refractivity contribution in [2.24, 2.45) is 0 Å². The fourth-order valence-corrected chi connectivity index (χ4v) is 9.93. The molecule has 6 aromatic heterocycles. The Morgan fingerprint density at radius 2 is 0.922 bits per heavy atom.